The number of hydrogen-bond acceptors (Lipinski definition) is 5. The Hall–Kier alpha value is -2.44. The van der Waals surface area contributed by atoms with Crippen LogP contribution >= 0.6 is 0 Å². The summed E-state index contributed by atoms with van der Waals surface area (Å²) in [4.78, 5) is 17.2. The SMILES string of the molecule is Cc1ccc(N2CC(n3cc(C(=O)O)nn3)C2)nc1. The summed E-state index contributed by atoms with van der Waals surface area (Å²) in [7, 11) is 0. The first-order chi connectivity index (χ1) is 9.13. The van der Waals surface area contributed by atoms with E-state index in [-0.39, 0.29) is 11.7 Å². The van der Waals surface area contributed by atoms with Crippen LogP contribution in [0.1, 0.15) is 22.1 Å². The predicted octanol–water partition coefficient (Wildman–Crippen LogP) is 0.741. The maximum atomic E-state index is 10.7. The van der Waals surface area contributed by atoms with Gasteiger partial charge in [-0.3, -0.25) is 0 Å². The van der Waals surface area contributed by atoms with Crippen molar-refractivity contribution in [3.05, 3.63) is 35.8 Å². The molecule has 7 heteroatoms. The van der Waals surface area contributed by atoms with Gasteiger partial charge in [0.05, 0.1) is 12.2 Å². The number of carbonyl (C=O) groups is 1. The fraction of sp³-hybridized carbons (Fsp3) is 0.333. The molecule has 0 amide bonds. The van der Waals surface area contributed by atoms with Crippen LogP contribution in [-0.4, -0.2) is 44.1 Å². The molecule has 1 N–H and O–H groups in total. The van der Waals surface area contributed by atoms with Gasteiger partial charge >= 0.3 is 5.97 Å². The lowest BCUT2D eigenvalue weighted by molar-refractivity contribution is 0.0690. The van der Waals surface area contributed by atoms with Crippen molar-refractivity contribution in [2.24, 2.45) is 0 Å². The van der Waals surface area contributed by atoms with Crippen LogP contribution in [-0.2, 0) is 0 Å². The van der Waals surface area contributed by atoms with Gasteiger partial charge in [-0.2, -0.15) is 0 Å². The van der Waals surface area contributed by atoms with Gasteiger partial charge in [-0.15, -0.1) is 5.10 Å². The largest absolute Gasteiger partial charge is 0.476 e. The molecule has 1 saturated heterocycles. The van der Waals surface area contributed by atoms with E-state index in [1.165, 1.54) is 6.20 Å². The number of aromatic nitrogens is 4. The van der Waals surface area contributed by atoms with E-state index in [1.807, 2.05) is 25.3 Å². The number of carboxylic acid groups (broad SMARTS) is 1. The third-order valence-corrected chi connectivity index (χ3v) is 3.19. The lowest BCUT2D eigenvalue weighted by atomic mass is 10.1. The summed E-state index contributed by atoms with van der Waals surface area (Å²) >= 11 is 0. The van der Waals surface area contributed by atoms with Gasteiger partial charge in [0.25, 0.3) is 0 Å². The first-order valence-electron chi connectivity index (χ1n) is 5.96. The average molecular weight is 259 g/mol. The van der Waals surface area contributed by atoms with Gasteiger partial charge in [-0.05, 0) is 18.6 Å². The van der Waals surface area contributed by atoms with Crippen molar-refractivity contribution < 1.29 is 9.90 Å². The Morgan fingerprint density at radius 2 is 2.21 bits per heavy atom. The molecule has 3 heterocycles. The third kappa shape index (κ3) is 2.14. The van der Waals surface area contributed by atoms with Crippen molar-refractivity contribution >= 4 is 11.8 Å². The van der Waals surface area contributed by atoms with Gasteiger partial charge in [0.2, 0.25) is 0 Å². The molecule has 1 aliphatic rings. The normalized spacial score (nSPS) is 15.3. The van der Waals surface area contributed by atoms with Gasteiger partial charge in [0.15, 0.2) is 5.69 Å². The fourth-order valence-electron chi connectivity index (χ4n) is 2.01. The molecule has 0 spiro atoms. The topological polar surface area (TPSA) is 84.1 Å². The monoisotopic (exact) mass is 259 g/mol. The minimum atomic E-state index is -1.05. The standard InChI is InChI=1S/C12H13N5O2/c1-8-2-3-11(13-4-8)16-5-9(6-16)17-7-10(12(18)19)14-15-17/h2-4,7,9H,5-6H2,1H3,(H,18,19). The molecule has 1 fully saturated rings. The zero-order valence-electron chi connectivity index (χ0n) is 10.4. The van der Waals surface area contributed by atoms with Crippen molar-refractivity contribution in [1.82, 2.24) is 20.0 Å². The lowest BCUT2D eigenvalue weighted by Crippen LogP contribution is -2.48. The summed E-state index contributed by atoms with van der Waals surface area (Å²) in [6.07, 6.45) is 3.30. The zero-order chi connectivity index (χ0) is 13.4. The van der Waals surface area contributed by atoms with Crippen LogP contribution in [0.25, 0.3) is 0 Å². The van der Waals surface area contributed by atoms with Crippen LogP contribution in [0, 0.1) is 6.92 Å². The van der Waals surface area contributed by atoms with Crippen LogP contribution in [0.4, 0.5) is 5.82 Å². The smallest absolute Gasteiger partial charge is 0.358 e. The number of pyridine rings is 1. The number of hydrogen-bond donors (Lipinski definition) is 1. The molecule has 7 nitrogen and oxygen atoms in total. The van der Waals surface area contributed by atoms with Gasteiger partial charge in [-0.25, -0.2) is 14.5 Å². The number of anilines is 1. The fourth-order valence-corrected chi connectivity index (χ4v) is 2.01. The molecule has 98 valence electrons. The average Bonchev–Trinajstić information content (AvgIpc) is 2.79. The Morgan fingerprint density at radius 3 is 2.79 bits per heavy atom. The molecule has 0 atom stereocenters. The number of aromatic carboxylic acids is 1. The van der Waals surface area contributed by atoms with Crippen LogP contribution in [0.5, 0.6) is 0 Å². The minimum absolute atomic E-state index is 0.0214. The highest BCUT2D eigenvalue weighted by atomic mass is 16.4. The number of carboxylic acids is 1. The van der Waals surface area contributed by atoms with Gasteiger partial charge in [-0.1, -0.05) is 11.3 Å². The van der Waals surface area contributed by atoms with E-state index in [9.17, 15) is 4.79 Å². The molecule has 0 aromatic carbocycles. The van der Waals surface area contributed by atoms with Crippen LogP contribution in [0.2, 0.25) is 0 Å². The van der Waals surface area contributed by atoms with Crippen LogP contribution in [0.15, 0.2) is 24.5 Å². The summed E-state index contributed by atoms with van der Waals surface area (Å²) in [5, 5.41) is 16.2. The first kappa shape index (κ1) is 11.6. The van der Waals surface area contributed by atoms with E-state index in [0.29, 0.717) is 0 Å². The molecule has 0 unspecified atom stereocenters. The third-order valence-electron chi connectivity index (χ3n) is 3.19. The van der Waals surface area contributed by atoms with Crippen molar-refractivity contribution in [3.8, 4) is 0 Å². The lowest BCUT2D eigenvalue weighted by Gasteiger charge is -2.39. The molecule has 2 aromatic rings. The van der Waals surface area contributed by atoms with Crippen LogP contribution in [0.3, 0.4) is 0 Å². The predicted molar refractivity (Wildman–Crippen MR) is 67.2 cm³/mol. The van der Waals surface area contributed by atoms with Crippen molar-refractivity contribution in [2.75, 3.05) is 18.0 Å². The summed E-state index contributed by atoms with van der Waals surface area (Å²) in [5.74, 6) is -0.122. The second-order valence-corrected chi connectivity index (χ2v) is 4.64. The summed E-state index contributed by atoms with van der Waals surface area (Å²) in [5.41, 5.74) is 1.11. The highest BCUT2D eigenvalue weighted by Crippen LogP contribution is 2.25. The molecule has 0 radical (unpaired) electrons. The molecular formula is C12H13N5O2. The minimum Gasteiger partial charge on any atom is -0.476 e. The first-order valence-corrected chi connectivity index (χ1v) is 5.96. The summed E-state index contributed by atoms with van der Waals surface area (Å²) in [6.45, 7) is 3.52. The van der Waals surface area contributed by atoms with E-state index in [2.05, 4.69) is 20.2 Å². The zero-order valence-corrected chi connectivity index (χ0v) is 10.4. The summed E-state index contributed by atoms with van der Waals surface area (Å²) in [6, 6.07) is 4.16. The maximum Gasteiger partial charge on any atom is 0.358 e. The molecule has 0 aliphatic carbocycles. The van der Waals surface area contributed by atoms with Crippen molar-refractivity contribution in [3.63, 3.8) is 0 Å². The molecule has 19 heavy (non-hydrogen) atoms. The Kier molecular flexibility index (Phi) is 2.66. The second kappa shape index (κ2) is 4.34. The van der Waals surface area contributed by atoms with Gasteiger partial charge in [0.1, 0.15) is 5.82 Å². The maximum absolute atomic E-state index is 10.7. The molecular weight excluding hydrogens is 246 g/mol. The van der Waals surface area contributed by atoms with E-state index < -0.39 is 5.97 Å². The van der Waals surface area contributed by atoms with Crippen molar-refractivity contribution in [2.45, 2.75) is 13.0 Å². The number of aryl methyl sites for hydroxylation is 1. The Bertz CT molecular complexity index is 601. The number of rotatable bonds is 3. The molecule has 3 rings (SSSR count). The Balaban J connectivity index is 1.65. The highest BCUT2D eigenvalue weighted by molar-refractivity contribution is 5.84. The Morgan fingerprint density at radius 1 is 1.42 bits per heavy atom. The van der Waals surface area contributed by atoms with Gasteiger partial charge < -0.3 is 10.0 Å². The highest BCUT2D eigenvalue weighted by Gasteiger charge is 2.30. The van der Waals surface area contributed by atoms with Gasteiger partial charge in [0, 0.05) is 19.3 Å². The quantitative estimate of drug-likeness (QED) is 0.875. The Labute approximate surface area is 109 Å². The second-order valence-electron chi connectivity index (χ2n) is 4.64. The van der Waals surface area contributed by atoms with Crippen LogP contribution < -0.4 is 4.90 Å². The summed E-state index contributed by atoms with van der Waals surface area (Å²) < 4.78 is 1.61. The molecule has 2 aromatic heterocycles. The molecule has 0 bridgehead atoms. The van der Waals surface area contributed by atoms with E-state index in [0.717, 1.165) is 24.5 Å². The van der Waals surface area contributed by atoms with Crippen molar-refractivity contribution in [1.29, 1.82) is 0 Å². The van der Waals surface area contributed by atoms with E-state index >= 15 is 0 Å². The molecule has 0 saturated carbocycles. The molecule has 1 aliphatic heterocycles. The van der Waals surface area contributed by atoms with E-state index in [4.69, 9.17) is 5.11 Å². The number of nitrogens with zero attached hydrogens (tertiary/aromatic N) is 5. The van der Waals surface area contributed by atoms with E-state index in [1.54, 1.807) is 4.68 Å².